The van der Waals surface area contributed by atoms with Gasteiger partial charge in [0.25, 0.3) is 0 Å². The van der Waals surface area contributed by atoms with Crippen molar-refractivity contribution in [3.05, 3.63) is 42.1 Å². The molecule has 1 unspecified atom stereocenters. The second-order valence-corrected chi connectivity index (χ2v) is 4.64. The van der Waals surface area contributed by atoms with Gasteiger partial charge in [0.15, 0.2) is 0 Å². The molecule has 0 spiro atoms. The van der Waals surface area contributed by atoms with Crippen LogP contribution in [-0.4, -0.2) is 24.4 Å². The maximum Gasteiger partial charge on any atom is 0.411 e. The number of pyridine rings is 1. The normalized spacial score (nSPS) is 13.5. The lowest BCUT2D eigenvalue weighted by atomic mass is 10.0. The van der Waals surface area contributed by atoms with Gasteiger partial charge in [0.2, 0.25) is 0 Å². The van der Waals surface area contributed by atoms with E-state index in [0.717, 1.165) is 16.5 Å². The molecule has 0 saturated heterocycles. The van der Waals surface area contributed by atoms with Crippen molar-refractivity contribution in [3.8, 4) is 0 Å². The largest absolute Gasteiger partial charge is 0.411 e. The number of nitrogens with one attached hydrogen (secondary N) is 1. The van der Waals surface area contributed by atoms with Gasteiger partial charge in [-0.25, -0.2) is 0 Å². The molecule has 21 heavy (non-hydrogen) atoms. The first kappa shape index (κ1) is 15.7. The lowest BCUT2D eigenvalue weighted by Crippen LogP contribution is -2.29. The number of hydrogen-bond donors (Lipinski definition) is 2. The van der Waals surface area contributed by atoms with Gasteiger partial charge in [0.1, 0.15) is 6.61 Å². The van der Waals surface area contributed by atoms with E-state index in [1.165, 1.54) is 0 Å². The van der Waals surface area contributed by atoms with E-state index in [-0.39, 0.29) is 12.6 Å². The molecule has 2 aromatic rings. The molecular formula is C14H16F3N3O. The maximum absolute atomic E-state index is 12.0. The zero-order valence-corrected chi connectivity index (χ0v) is 11.2. The summed E-state index contributed by atoms with van der Waals surface area (Å²) >= 11 is 0. The number of para-hydroxylation sites is 1. The van der Waals surface area contributed by atoms with Crippen molar-refractivity contribution in [1.29, 1.82) is 0 Å². The minimum atomic E-state index is -4.31. The molecule has 0 aliphatic carbocycles. The van der Waals surface area contributed by atoms with Crippen molar-refractivity contribution in [2.24, 2.45) is 5.84 Å². The van der Waals surface area contributed by atoms with Crippen LogP contribution in [-0.2, 0) is 4.74 Å². The number of halogens is 3. The molecule has 114 valence electrons. The van der Waals surface area contributed by atoms with Gasteiger partial charge in [-0.1, -0.05) is 18.2 Å². The molecule has 7 heteroatoms. The molecule has 4 nitrogen and oxygen atoms in total. The Bertz CT molecular complexity index is 589. The fourth-order valence-electron chi connectivity index (χ4n) is 2.01. The number of benzene rings is 1. The monoisotopic (exact) mass is 299 g/mol. The highest BCUT2D eigenvalue weighted by Gasteiger charge is 2.27. The molecule has 0 aliphatic rings. The molecular weight excluding hydrogens is 283 g/mol. The summed E-state index contributed by atoms with van der Waals surface area (Å²) < 4.78 is 40.6. The van der Waals surface area contributed by atoms with Crippen LogP contribution < -0.4 is 11.3 Å². The first-order valence-electron chi connectivity index (χ1n) is 6.45. The first-order chi connectivity index (χ1) is 9.99. The zero-order chi connectivity index (χ0) is 15.3. The Kier molecular flexibility index (Phi) is 5.11. The van der Waals surface area contributed by atoms with Crippen LogP contribution in [0, 0.1) is 0 Å². The molecule has 0 amide bonds. The van der Waals surface area contributed by atoms with E-state index >= 15 is 0 Å². The summed E-state index contributed by atoms with van der Waals surface area (Å²) in [4.78, 5) is 4.30. The standard InChI is InChI=1S/C14H16F3N3O/c15-14(16,17)9-21-6-5-13(20-18)11-7-10-3-1-2-4-12(10)19-8-11/h1-4,7-8,13,20H,5-6,9,18H2. The number of aromatic nitrogens is 1. The van der Waals surface area contributed by atoms with Gasteiger partial charge in [-0.05, 0) is 24.1 Å². The number of fused-ring (bicyclic) bond motifs is 1. The molecule has 1 aromatic carbocycles. The zero-order valence-electron chi connectivity index (χ0n) is 11.2. The van der Waals surface area contributed by atoms with E-state index in [4.69, 9.17) is 5.84 Å². The van der Waals surface area contributed by atoms with Crippen molar-refractivity contribution in [3.63, 3.8) is 0 Å². The number of ether oxygens (including phenoxy) is 1. The molecule has 0 bridgehead atoms. The summed E-state index contributed by atoms with van der Waals surface area (Å²) in [6.07, 6.45) is -2.32. The van der Waals surface area contributed by atoms with Crippen molar-refractivity contribution in [2.75, 3.05) is 13.2 Å². The van der Waals surface area contributed by atoms with Gasteiger partial charge in [0, 0.05) is 24.2 Å². The summed E-state index contributed by atoms with van der Waals surface area (Å²) in [6, 6.07) is 9.19. The Morgan fingerprint density at radius 2 is 2.05 bits per heavy atom. The number of nitrogens with zero attached hydrogens (tertiary/aromatic N) is 1. The topological polar surface area (TPSA) is 60.2 Å². The highest BCUT2D eigenvalue weighted by atomic mass is 19.4. The van der Waals surface area contributed by atoms with Gasteiger partial charge >= 0.3 is 6.18 Å². The third-order valence-electron chi connectivity index (χ3n) is 3.03. The van der Waals surface area contributed by atoms with Gasteiger partial charge in [-0.3, -0.25) is 16.3 Å². The van der Waals surface area contributed by atoms with Crippen LogP contribution in [0.1, 0.15) is 18.0 Å². The maximum atomic E-state index is 12.0. The predicted molar refractivity (Wildman–Crippen MR) is 73.3 cm³/mol. The highest BCUT2D eigenvalue weighted by Crippen LogP contribution is 2.21. The summed E-state index contributed by atoms with van der Waals surface area (Å²) in [5, 5.41) is 0.950. The summed E-state index contributed by atoms with van der Waals surface area (Å²) in [6.45, 7) is -1.29. The Morgan fingerprint density at radius 3 is 2.76 bits per heavy atom. The Morgan fingerprint density at radius 1 is 1.29 bits per heavy atom. The second-order valence-electron chi connectivity index (χ2n) is 4.64. The molecule has 1 heterocycles. The lowest BCUT2D eigenvalue weighted by molar-refractivity contribution is -0.174. The highest BCUT2D eigenvalue weighted by molar-refractivity contribution is 5.78. The third-order valence-corrected chi connectivity index (χ3v) is 3.03. The lowest BCUT2D eigenvalue weighted by Gasteiger charge is -2.17. The van der Waals surface area contributed by atoms with Gasteiger partial charge in [0.05, 0.1) is 5.52 Å². The van der Waals surface area contributed by atoms with E-state index in [1.54, 1.807) is 6.20 Å². The summed E-state index contributed by atoms with van der Waals surface area (Å²) in [7, 11) is 0. The van der Waals surface area contributed by atoms with E-state index < -0.39 is 12.8 Å². The SMILES string of the molecule is NNC(CCOCC(F)(F)F)c1cnc2ccccc2c1. The number of hydrogen-bond acceptors (Lipinski definition) is 4. The second kappa shape index (κ2) is 6.84. The van der Waals surface area contributed by atoms with E-state index in [2.05, 4.69) is 15.1 Å². The summed E-state index contributed by atoms with van der Waals surface area (Å²) in [5.74, 6) is 5.46. The van der Waals surface area contributed by atoms with E-state index in [9.17, 15) is 13.2 Å². The van der Waals surface area contributed by atoms with Gasteiger partial charge < -0.3 is 4.74 Å². The molecule has 0 fully saturated rings. The fraction of sp³-hybridized carbons (Fsp3) is 0.357. The Labute approximate surface area is 120 Å². The number of alkyl halides is 3. The predicted octanol–water partition coefficient (Wildman–Crippen LogP) is 2.71. The third kappa shape index (κ3) is 4.66. The summed E-state index contributed by atoms with van der Waals surface area (Å²) in [5.41, 5.74) is 4.24. The van der Waals surface area contributed by atoms with Gasteiger partial charge in [-0.2, -0.15) is 13.2 Å². The minimum absolute atomic E-state index is 0.0405. The number of nitrogens with two attached hydrogens (primary N) is 1. The Balaban J connectivity index is 1.99. The minimum Gasteiger partial charge on any atom is -0.372 e. The molecule has 0 aliphatic heterocycles. The van der Waals surface area contributed by atoms with Crippen LogP contribution in [0.15, 0.2) is 36.5 Å². The van der Waals surface area contributed by atoms with Crippen LogP contribution >= 0.6 is 0 Å². The fourth-order valence-corrected chi connectivity index (χ4v) is 2.01. The smallest absolute Gasteiger partial charge is 0.372 e. The quantitative estimate of drug-likeness (QED) is 0.489. The first-order valence-corrected chi connectivity index (χ1v) is 6.45. The average molecular weight is 299 g/mol. The van der Waals surface area contributed by atoms with Gasteiger partial charge in [-0.15, -0.1) is 0 Å². The van der Waals surface area contributed by atoms with E-state index in [0.29, 0.717) is 6.42 Å². The molecule has 0 saturated carbocycles. The molecule has 0 radical (unpaired) electrons. The molecule has 1 aromatic heterocycles. The van der Waals surface area contributed by atoms with Crippen LogP contribution in [0.25, 0.3) is 10.9 Å². The average Bonchev–Trinajstić information content (AvgIpc) is 2.46. The van der Waals surface area contributed by atoms with Crippen molar-refractivity contribution in [1.82, 2.24) is 10.4 Å². The molecule has 1 atom stereocenters. The van der Waals surface area contributed by atoms with Crippen molar-refractivity contribution in [2.45, 2.75) is 18.6 Å². The molecule has 3 N–H and O–H groups in total. The molecule has 2 rings (SSSR count). The van der Waals surface area contributed by atoms with Crippen LogP contribution in [0.5, 0.6) is 0 Å². The van der Waals surface area contributed by atoms with Crippen LogP contribution in [0.2, 0.25) is 0 Å². The Hall–Kier alpha value is -1.70. The number of hydrazine groups is 1. The van der Waals surface area contributed by atoms with Crippen LogP contribution in [0.4, 0.5) is 13.2 Å². The van der Waals surface area contributed by atoms with Crippen LogP contribution in [0.3, 0.4) is 0 Å². The van der Waals surface area contributed by atoms with Crippen molar-refractivity contribution >= 4 is 10.9 Å². The van der Waals surface area contributed by atoms with Crippen molar-refractivity contribution < 1.29 is 17.9 Å². The van der Waals surface area contributed by atoms with E-state index in [1.807, 2.05) is 30.3 Å². The number of rotatable bonds is 6.